The molecule has 4 rings (SSSR count). The zero-order valence-corrected chi connectivity index (χ0v) is 14.7. The number of carbonyl (C=O) groups is 1. The first-order chi connectivity index (χ1) is 11.6. The van der Waals surface area contributed by atoms with Crippen LogP contribution < -0.4 is 4.90 Å². The van der Waals surface area contributed by atoms with Crippen molar-refractivity contribution in [3.05, 3.63) is 52.6 Å². The molecule has 0 bridgehead atoms. The molecule has 0 radical (unpaired) electrons. The largest absolute Gasteiger partial charge is 0.361 e. The van der Waals surface area contributed by atoms with Crippen molar-refractivity contribution in [2.24, 2.45) is 0 Å². The van der Waals surface area contributed by atoms with Crippen molar-refractivity contribution < 1.29 is 4.79 Å². The van der Waals surface area contributed by atoms with Gasteiger partial charge in [-0.3, -0.25) is 4.79 Å². The van der Waals surface area contributed by atoms with Crippen LogP contribution in [0.1, 0.15) is 34.2 Å². The lowest BCUT2D eigenvalue weighted by Crippen LogP contribution is -2.31. The molecule has 1 unspecified atom stereocenters. The van der Waals surface area contributed by atoms with Crippen molar-refractivity contribution >= 4 is 28.6 Å². The molecule has 1 aliphatic rings. The maximum atomic E-state index is 12.8. The van der Waals surface area contributed by atoms with Crippen LogP contribution in [0.2, 0.25) is 0 Å². The molecular weight excluding hydrogens is 320 g/mol. The van der Waals surface area contributed by atoms with Crippen LogP contribution in [0.15, 0.2) is 42.0 Å². The molecule has 0 N–H and O–H groups in total. The smallest absolute Gasteiger partial charge is 0.264 e. The van der Waals surface area contributed by atoms with Crippen LogP contribution in [0, 0.1) is 0 Å². The molecule has 124 valence electrons. The van der Waals surface area contributed by atoms with Crippen LogP contribution in [0.4, 0.5) is 5.82 Å². The first-order valence-electron chi connectivity index (χ1n) is 8.14. The molecule has 3 aromatic heterocycles. The third-order valence-electron chi connectivity index (χ3n) is 4.53. The number of likely N-dealkylation sites (tertiary alicyclic amines) is 1. The third kappa shape index (κ3) is 2.47. The Labute approximate surface area is 145 Å². The summed E-state index contributed by atoms with van der Waals surface area (Å²) in [6.07, 6.45) is 6.08. The van der Waals surface area contributed by atoms with Crippen molar-refractivity contribution in [1.82, 2.24) is 14.3 Å². The van der Waals surface area contributed by atoms with Gasteiger partial charge in [-0.2, -0.15) is 0 Å². The van der Waals surface area contributed by atoms with Crippen molar-refractivity contribution in [2.45, 2.75) is 18.9 Å². The van der Waals surface area contributed by atoms with Gasteiger partial charge in [-0.25, -0.2) is 4.98 Å². The number of fused-ring (bicyclic) bond motifs is 1. The number of aromatic nitrogens is 2. The van der Waals surface area contributed by atoms with Crippen LogP contribution in [0.3, 0.4) is 0 Å². The lowest BCUT2D eigenvalue weighted by molar-refractivity contribution is 0.0737. The monoisotopic (exact) mass is 340 g/mol. The number of hydrogen-bond donors (Lipinski definition) is 0. The fourth-order valence-corrected chi connectivity index (χ4v) is 4.07. The first-order valence-corrected chi connectivity index (χ1v) is 9.02. The first kappa shape index (κ1) is 15.2. The number of carbonyl (C=O) groups excluding carboxylic acids is 1. The summed E-state index contributed by atoms with van der Waals surface area (Å²) in [5, 5.41) is 1.95. The van der Waals surface area contributed by atoms with Crippen molar-refractivity contribution in [3.8, 4) is 0 Å². The Morgan fingerprint density at radius 1 is 1.33 bits per heavy atom. The summed E-state index contributed by atoms with van der Waals surface area (Å²) in [5.41, 5.74) is 2.04. The predicted octanol–water partition coefficient (Wildman–Crippen LogP) is 3.44. The Hall–Kier alpha value is -2.34. The van der Waals surface area contributed by atoms with Gasteiger partial charge in [-0.15, -0.1) is 11.3 Å². The second kappa shape index (κ2) is 5.94. The van der Waals surface area contributed by atoms with E-state index in [-0.39, 0.29) is 11.9 Å². The van der Waals surface area contributed by atoms with E-state index in [9.17, 15) is 4.79 Å². The minimum Gasteiger partial charge on any atom is -0.361 e. The van der Waals surface area contributed by atoms with E-state index in [2.05, 4.69) is 16.7 Å². The summed E-state index contributed by atoms with van der Waals surface area (Å²) in [6, 6.07) is 7.96. The van der Waals surface area contributed by atoms with E-state index in [1.54, 1.807) is 0 Å². The molecule has 1 amide bonds. The zero-order chi connectivity index (χ0) is 16.7. The number of nitrogens with zero attached hydrogens (tertiary/aromatic N) is 4. The highest BCUT2D eigenvalue weighted by atomic mass is 32.1. The molecule has 1 aliphatic heterocycles. The number of amides is 1. The normalized spacial score (nSPS) is 17.6. The zero-order valence-electron chi connectivity index (χ0n) is 13.8. The maximum absolute atomic E-state index is 12.8. The molecule has 24 heavy (non-hydrogen) atoms. The Morgan fingerprint density at radius 2 is 2.21 bits per heavy atom. The Morgan fingerprint density at radius 3 is 2.96 bits per heavy atom. The Balaban J connectivity index is 1.74. The van der Waals surface area contributed by atoms with E-state index in [0.717, 1.165) is 41.3 Å². The SMILES string of the molecule is CN(C)c1nc(C2CCCN2C(=O)c2cccs2)cn2cccc12. The summed E-state index contributed by atoms with van der Waals surface area (Å²) in [5.74, 6) is 1.06. The molecule has 4 heterocycles. The van der Waals surface area contributed by atoms with Crippen molar-refractivity contribution in [2.75, 3.05) is 25.5 Å². The third-order valence-corrected chi connectivity index (χ3v) is 5.38. The Bertz CT molecular complexity index is 868. The van der Waals surface area contributed by atoms with Crippen molar-refractivity contribution in [1.29, 1.82) is 0 Å². The highest BCUT2D eigenvalue weighted by molar-refractivity contribution is 7.12. The highest BCUT2D eigenvalue weighted by Crippen LogP contribution is 2.34. The van der Waals surface area contributed by atoms with Crippen LogP contribution in [-0.2, 0) is 0 Å². The quantitative estimate of drug-likeness (QED) is 0.733. The van der Waals surface area contributed by atoms with Crippen LogP contribution in [-0.4, -0.2) is 40.8 Å². The fraction of sp³-hybridized carbons (Fsp3) is 0.333. The lowest BCUT2D eigenvalue weighted by atomic mass is 10.1. The fourth-order valence-electron chi connectivity index (χ4n) is 3.40. The summed E-state index contributed by atoms with van der Waals surface area (Å²) >= 11 is 1.50. The van der Waals surface area contributed by atoms with Gasteiger partial charge in [0.15, 0.2) is 5.82 Å². The van der Waals surface area contributed by atoms with Gasteiger partial charge in [-0.1, -0.05) is 6.07 Å². The molecule has 6 heteroatoms. The molecule has 3 aromatic rings. The van der Waals surface area contributed by atoms with Gasteiger partial charge in [0, 0.05) is 33.0 Å². The summed E-state index contributed by atoms with van der Waals surface area (Å²) in [6.45, 7) is 0.796. The van der Waals surface area contributed by atoms with Gasteiger partial charge in [0.25, 0.3) is 5.91 Å². The topological polar surface area (TPSA) is 40.9 Å². The number of rotatable bonds is 3. The summed E-state index contributed by atoms with van der Waals surface area (Å²) in [7, 11) is 4.00. The van der Waals surface area contributed by atoms with Gasteiger partial charge in [0.1, 0.15) is 0 Å². The predicted molar refractivity (Wildman–Crippen MR) is 96.8 cm³/mol. The molecule has 1 saturated heterocycles. The second-order valence-electron chi connectivity index (χ2n) is 6.32. The standard InChI is InChI=1S/C18H20N4OS/c1-20(2)17-15-7-3-9-21(15)12-13(19-17)14-6-4-10-22(14)18(23)16-8-5-11-24-16/h3,5,7-9,11-12,14H,4,6,10H2,1-2H3. The van der Waals surface area contributed by atoms with E-state index in [1.807, 2.05) is 53.7 Å². The molecule has 0 spiro atoms. The summed E-state index contributed by atoms with van der Waals surface area (Å²) < 4.78 is 2.10. The van der Waals surface area contributed by atoms with Gasteiger partial charge in [0.2, 0.25) is 0 Å². The highest BCUT2D eigenvalue weighted by Gasteiger charge is 2.32. The van der Waals surface area contributed by atoms with E-state index in [4.69, 9.17) is 4.98 Å². The van der Waals surface area contributed by atoms with E-state index in [1.165, 1.54) is 11.3 Å². The summed E-state index contributed by atoms with van der Waals surface area (Å²) in [4.78, 5) is 22.5. The van der Waals surface area contributed by atoms with Gasteiger partial charge < -0.3 is 14.2 Å². The second-order valence-corrected chi connectivity index (χ2v) is 7.27. The molecule has 1 fully saturated rings. The van der Waals surface area contributed by atoms with Gasteiger partial charge in [0.05, 0.1) is 22.1 Å². The van der Waals surface area contributed by atoms with Crippen LogP contribution >= 0.6 is 11.3 Å². The van der Waals surface area contributed by atoms with E-state index < -0.39 is 0 Å². The van der Waals surface area contributed by atoms with Gasteiger partial charge >= 0.3 is 0 Å². The van der Waals surface area contributed by atoms with Gasteiger partial charge in [-0.05, 0) is 36.4 Å². The number of hydrogen-bond acceptors (Lipinski definition) is 4. The van der Waals surface area contributed by atoms with E-state index in [0.29, 0.717) is 0 Å². The molecule has 1 atom stereocenters. The van der Waals surface area contributed by atoms with Crippen LogP contribution in [0.5, 0.6) is 0 Å². The van der Waals surface area contributed by atoms with Crippen LogP contribution in [0.25, 0.3) is 5.52 Å². The average Bonchev–Trinajstić information content (AvgIpc) is 3.32. The molecule has 0 aromatic carbocycles. The molecule has 5 nitrogen and oxygen atoms in total. The minimum atomic E-state index is 0.0464. The number of thiophene rings is 1. The molecular formula is C18H20N4OS. The number of anilines is 1. The van der Waals surface area contributed by atoms with Crippen molar-refractivity contribution in [3.63, 3.8) is 0 Å². The Kier molecular flexibility index (Phi) is 3.76. The lowest BCUT2D eigenvalue weighted by Gasteiger charge is -2.25. The molecule has 0 saturated carbocycles. The minimum absolute atomic E-state index is 0.0464. The maximum Gasteiger partial charge on any atom is 0.264 e. The van der Waals surface area contributed by atoms with E-state index >= 15 is 0 Å². The molecule has 0 aliphatic carbocycles. The average molecular weight is 340 g/mol.